The fraction of sp³-hybridized carbons (Fsp3) is 0.267. The van der Waals surface area contributed by atoms with Crippen molar-refractivity contribution < 1.29 is 0 Å². The van der Waals surface area contributed by atoms with Crippen LogP contribution in [0.4, 0.5) is 0 Å². The Morgan fingerprint density at radius 2 is 2.19 bits per heavy atom. The zero-order valence-electron chi connectivity index (χ0n) is 9.96. The highest BCUT2D eigenvalue weighted by molar-refractivity contribution is 5.85. The van der Waals surface area contributed by atoms with Crippen LogP contribution in [0.1, 0.15) is 30.0 Å². The van der Waals surface area contributed by atoms with Crippen LogP contribution in [-0.2, 0) is 6.42 Å². The van der Waals surface area contributed by atoms with Gasteiger partial charge in [-0.3, -0.25) is 4.98 Å². The standard InChI is InChI=1S/C15H17N/c1-4-6-13-10-15-14(9-12(13)5-2)11(3)7-8-16-15/h5,7-10H,2,4,6H2,1,3H3. The quantitative estimate of drug-likeness (QED) is 0.743. The molecule has 2 rings (SSSR count). The zero-order chi connectivity index (χ0) is 11.5. The van der Waals surface area contributed by atoms with Crippen molar-refractivity contribution in [1.82, 2.24) is 4.98 Å². The van der Waals surface area contributed by atoms with Crippen LogP contribution in [0.25, 0.3) is 17.0 Å². The van der Waals surface area contributed by atoms with E-state index < -0.39 is 0 Å². The van der Waals surface area contributed by atoms with Crippen molar-refractivity contribution in [3.63, 3.8) is 0 Å². The molecule has 1 aromatic carbocycles. The molecular weight excluding hydrogens is 194 g/mol. The Bertz CT molecular complexity index is 526. The Morgan fingerprint density at radius 3 is 2.88 bits per heavy atom. The average Bonchev–Trinajstić information content (AvgIpc) is 2.29. The first kappa shape index (κ1) is 10.9. The maximum Gasteiger partial charge on any atom is 0.0707 e. The SMILES string of the molecule is C=Cc1cc2c(C)ccnc2cc1CCC. The van der Waals surface area contributed by atoms with Crippen molar-refractivity contribution in [3.8, 4) is 0 Å². The second-order valence-corrected chi connectivity index (χ2v) is 4.15. The smallest absolute Gasteiger partial charge is 0.0707 e. The van der Waals surface area contributed by atoms with E-state index in [0.29, 0.717) is 0 Å². The van der Waals surface area contributed by atoms with E-state index in [1.165, 1.54) is 22.1 Å². The fourth-order valence-electron chi connectivity index (χ4n) is 2.07. The van der Waals surface area contributed by atoms with Crippen LogP contribution in [0.2, 0.25) is 0 Å². The molecule has 2 aromatic rings. The van der Waals surface area contributed by atoms with E-state index in [2.05, 4.69) is 43.6 Å². The van der Waals surface area contributed by atoms with Gasteiger partial charge in [0.1, 0.15) is 0 Å². The van der Waals surface area contributed by atoms with Crippen LogP contribution in [0.3, 0.4) is 0 Å². The molecule has 0 aliphatic carbocycles. The van der Waals surface area contributed by atoms with Crippen LogP contribution in [0, 0.1) is 6.92 Å². The molecule has 1 heterocycles. The molecule has 82 valence electrons. The molecule has 1 aromatic heterocycles. The Balaban J connectivity index is 2.70. The van der Waals surface area contributed by atoms with Gasteiger partial charge in [0.05, 0.1) is 5.52 Å². The highest BCUT2D eigenvalue weighted by atomic mass is 14.6. The normalized spacial score (nSPS) is 10.6. The molecule has 0 amide bonds. The third kappa shape index (κ3) is 1.85. The van der Waals surface area contributed by atoms with E-state index in [0.717, 1.165) is 18.4 Å². The number of fused-ring (bicyclic) bond motifs is 1. The first-order chi connectivity index (χ1) is 7.76. The molecule has 16 heavy (non-hydrogen) atoms. The molecule has 0 aliphatic heterocycles. The van der Waals surface area contributed by atoms with E-state index in [1.54, 1.807) is 0 Å². The minimum Gasteiger partial charge on any atom is -0.256 e. The fourth-order valence-corrected chi connectivity index (χ4v) is 2.07. The Labute approximate surface area is 96.8 Å². The van der Waals surface area contributed by atoms with Crippen LogP contribution in [0.15, 0.2) is 31.0 Å². The lowest BCUT2D eigenvalue weighted by Gasteiger charge is -2.08. The van der Waals surface area contributed by atoms with Gasteiger partial charge in [-0.05, 0) is 48.2 Å². The van der Waals surface area contributed by atoms with E-state index in [1.807, 2.05) is 12.3 Å². The topological polar surface area (TPSA) is 12.9 Å². The van der Waals surface area contributed by atoms with Crippen LogP contribution in [-0.4, -0.2) is 4.98 Å². The highest BCUT2D eigenvalue weighted by Crippen LogP contribution is 2.23. The summed E-state index contributed by atoms with van der Waals surface area (Å²) in [5, 5.41) is 1.23. The van der Waals surface area contributed by atoms with Gasteiger partial charge in [0.2, 0.25) is 0 Å². The van der Waals surface area contributed by atoms with Gasteiger partial charge in [-0.15, -0.1) is 0 Å². The van der Waals surface area contributed by atoms with Crippen molar-refractivity contribution in [2.24, 2.45) is 0 Å². The van der Waals surface area contributed by atoms with Gasteiger partial charge >= 0.3 is 0 Å². The molecule has 0 unspecified atom stereocenters. The summed E-state index contributed by atoms with van der Waals surface area (Å²) in [6.45, 7) is 8.21. The van der Waals surface area contributed by atoms with Crippen molar-refractivity contribution in [2.45, 2.75) is 26.7 Å². The number of aromatic nitrogens is 1. The molecule has 0 bridgehead atoms. The molecule has 0 atom stereocenters. The number of benzene rings is 1. The second-order valence-electron chi connectivity index (χ2n) is 4.15. The summed E-state index contributed by atoms with van der Waals surface area (Å²) in [6.07, 6.45) is 6.06. The van der Waals surface area contributed by atoms with Crippen molar-refractivity contribution in [1.29, 1.82) is 0 Å². The van der Waals surface area contributed by atoms with Crippen molar-refractivity contribution >= 4 is 17.0 Å². The maximum atomic E-state index is 4.43. The monoisotopic (exact) mass is 211 g/mol. The first-order valence-corrected chi connectivity index (χ1v) is 5.77. The van der Waals surface area contributed by atoms with Gasteiger partial charge in [0.25, 0.3) is 0 Å². The lowest BCUT2D eigenvalue weighted by molar-refractivity contribution is 0.921. The van der Waals surface area contributed by atoms with Gasteiger partial charge in [-0.2, -0.15) is 0 Å². The van der Waals surface area contributed by atoms with Gasteiger partial charge in [0, 0.05) is 11.6 Å². The van der Waals surface area contributed by atoms with Crippen LogP contribution >= 0.6 is 0 Å². The number of nitrogens with zero attached hydrogens (tertiary/aromatic N) is 1. The highest BCUT2D eigenvalue weighted by Gasteiger charge is 2.04. The molecule has 0 saturated carbocycles. The van der Waals surface area contributed by atoms with Gasteiger partial charge < -0.3 is 0 Å². The summed E-state index contributed by atoms with van der Waals surface area (Å²) in [5.41, 5.74) is 4.96. The lowest BCUT2D eigenvalue weighted by Crippen LogP contribution is -1.91. The first-order valence-electron chi connectivity index (χ1n) is 5.77. The summed E-state index contributed by atoms with van der Waals surface area (Å²) < 4.78 is 0. The average molecular weight is 211 g/mol. The summed E-state index contributed by atoms with van der Waals surface area (Å²) in [7, 11) is 0. The van der Waals surface area contributed by atoms with Crippen LogP contribution in [0.5, 0.6) is 0 Å². The molecule has 1 heteroatoms. The Hall–Kier alpha value is -1.63. The lowest BCUT2D eigenvalue weighted by atomic mass is 9.98. The van der Waals surface area contributed by atoms with Gasteiger partial charge in [-0.25, -0.2) is 0 Å². The minimum absolute atomic E-state index is 1.09. The second kappa shape index (κ2) is 4.48. The van der Waals surface area contributed by atoms with Gasteiger partial charge in [-0.1, -0.05) is 26.0 Å². The van der Waals surface area contributed by atoms with E-state index in [4.69, 9.17) is 0 Å². The predicted molar refractivity (Wildman–Crippen MR) is 70.6 cm³/mol. The number of pyridine rings is 1. The Morgan fingerprint density at radius 1 is 1.38 bits per heavy atom. The molecule has 0 spiro atoms. The third-order valence-electron chi connectivity index (χ3n) is 2.96. The number of hydrogen-bond acceptors (Lipinski definition) is 1. The van der Waals surface area contributed by atoms with Crippen molar-refractivity contribution in [3.05, 3.63) is 47.7 Å². The summed E-state index contributed by atoms with van der Waals surface area (Å²) >= 11 is 0. The number of hydrogen-bond donors (Lipinski definition) is 0. The molecule has 0 radical (unpaired) electrons. The Kier molecular flexibility index (Phi) is 3.04. The van der Waals surface area contributed by atoms with Crippen LogP contribution < -0.4 is 0 Å². The van der Waals surface area contributed by atoms with E-state index in [-0.39, 0.29) is 0 Å². The number of rotatable bonds is 3. The van der Waals surface area contributed by atoms with E-state index in [9.17, 15) is 0 Å². The summed E-state index contributed by atoms with van der Waals surface area (Å²) in [5.74, 6) is 0. The predicted octanol–water partition coefficient (Wildman–Crippen LogP) is 4.14. The molecule has 0 fully saturated rings. The van der Waals surface area contributed by atoms with E-state index >= 15 is 0 Å². The largest absolute Gasteiger partial charge is 0.256 e. The number of aryl methyl sites for hydroxylation is 2. The summed E-state index contributed by atoms with van der Waals surface area (Å²) in [4.78, 5) is 4.43. The molecule has 0 aliphatic rings. The summed E-state index contributed by atoms with van der Waals surface area (Å²) in [6, 6.07) is 6.45. The molecule has 0 N–H and O–H groups in total. The van der Waals surface area contributed by atoms with Crippen molar-refractivity contribution in [2.75, 3.05) is 0 Å². The maximum absolute atomic E-state index is 4.43. The molecule has 1 nitrogen and oxygen atoms in total. The zero-order valence-corrected chi connectivity index (χ0v) is 9.96. The van der Waals surface area contributed by atoms with Gasteiger partial charge in [0.15, 0.2) is 0 Å². The molecular formula is C15H17N. The minimum atomic E-state index is 1.09. The molecule has 0 saturated heterocycles. The third-order valence-corrected chi connectivity index (χ3v) is 2.96.